The minimum atomic E-state index is -1.86. The van der Waals surface area contributed by atoms with Gasteiger partial charge in [-0.2, -0.15) is 0 Å². The highest BCUT2D eigenvalue weighted by molar-refractivity contribution is 5.73. The number of aliphatic hydroxyl groups is 3. The lowest BCUT2D eigenvalue weighted by Crippen LogP contribution is -2.60. The molecule has 0 amide bonds. The van der Waals surface area contributed by atoms with Gasteiger partial charge < -0.3 is 39.4 Å². The molecular formula is C53H100O11. The van der Waals surface area contributed by atoms with Crippen LogP contribution in [0.4, 0.5) is 0 Å². The predicted molar refractivity (Wildman–Crippen MR) is 257 cm³/mol. The van der Waals surface area contributed by atoms with E-state index >= 15 is 0 Å². The first kappa shape index (κ1) is 60.2. The van der Waals surface area contributed by atoms with E-state index in [-0.39, 0.29) is 26.1 Å². The summed E-state index contributed by atoms with van der Waals surface area (Å²) in [7, 11) is 0. The molecule has 0 radical (unpaired) electrons. The van der Waals surface area contributed by atoms with Crippen LogP contribution in [0.3, 0.4) is 0 Å². The van der Waals surface area contributed by atoms with E-state index < -0.39 is 54.7 Å². The highest BCUT2D eigenvalue weighted by Crippen LogP contribution is 2.23. The molecule has 4 N–H and O–H groups in total. The molecule has 1 aliphatic heterocycles. The second-order valence-corrected chi connectivity index (χ2v) is 19.1. The van der Waals surface area contributed by atoms with Crippen molar-refractivity contribution < 1.29 is 53.8 Å². The summed E-state index contributed by atoms with van der Waals surface area (Å²) < 4.78 is 21.8. The van der Waals surface area contributed by atoms with E-state index in [0.29, 0.717) is 12.8 Å². The van der Waals surface area contributed by atoms with Crippen LogP contribution in [0.15, 0.2) is 0 Å². The molecule has 0 spiro atoms. The predicted octanol–water partition coefficient (Wildman–Crippen LogP) is 13.0. The summed E-state index contributed by atoms with van der Waals surface area (Å²) in [6.45, 7) is 3.87. The highest BCUT2D eigenvalue weighted by atomic mass is 16.7. The van der Waals surface area contributed by atoms with Crippen LogP contribution >= 0.6 is 0 Å². The molecule has 0 aliphatic carbocycles. The molecule has 1 saturated heterocycles. The van der Waals surface area contributed by atoms with Gasteiger partial charge in [0.1, 0.15) is 24.9 Å². The van der Waals surface area contributed by atoms with Crippen molar-refractivity contribution in [2.24, 2.45) is 0 Å². The number of hydrogen-bond donors (Lipinski definition) is 4. The molecule has 0 aromatic rings. The van der Waals surface area contributed by atoms with Gasteiger partial charge in [-0.25, -0.2) is 4.79 Å². The van der Waals surface area contributed by atoms with Crippen LogP contribution in [-0.2, 0) is 33.3 Å². The Balaban J connectivity index is 2.21. The quantitative estimate of drug-likeness (QED) is 0.0339. The normalized spacial score (nSPS) is 19.2. The lowest BCUT2D eigenvalue weighted by molar-refractivity contribution is -0.298. The van der Waals surface area contributed by atoms with E-state index in [0.717, 1.165) is 38.5 Å². The van der Waals surface area contributed by atoms with Crippen molar-refractivity contribution in [3.63, 3.8) is 0 Å². The maximum Gasteiger partial charge on any atom is 0.335 e. The molecule has 11 nitrogen and oxygen atoms in total. The van der Waals surface area contributed by atoms with Crippen LogP contribution in [0.25, 0.3) is 0 Å². The summed E-state index contributed by atoms with van der Waals surface area (Å²) in [4.78, 5) is 37.0. The van der Waals surface area contributed by atoms with Crippen LogP contribution in [0.1, 0.15) is 271 Å². The van der Waals surface area contributed by atoms with Crippen LogP contribution in [0, 0.1) is 0 Å². The number of esters is 2. The standard InChI is InChI=1S/C53H100O11/c1-3-5-7-9-11-13-15-17-19-20-21-22-23-24-25-26-27-28-30-31-33-35-37-39-41-46(54)61-43-45(44-62-53-50(58)48(56)49(57)51(64-53)52(59)60)63-47(55)42-40-38-36-34-32-29-18-16-14-12-10-8-6-4-2/h45,48-51,53,56-58H,3-44H2,1-2H3,(H,59,60). The van der Waals surface area contributed by atoms with E-state index in [1.165, 1.54) is 193 Å². The van der Waals surface area contributed by atoms with Crippen molar-refractivity contribution >= 4 is 17.9 Å². The summed E-state index contributed by atoms with van der Waals surface area (Å²) in [5, 5.41) is 39.9. The van der Waals surface area contributed by atoms with Gasteiger partial charge in [-0.15, -0.1) is 0 Å². The van der Waals surface area contributed by atoms with Crippen molar-refractivity contribution in [1.82, 2.24) is 0 Å². The number of unbranched alkanes of at least 4 members (excludes halogenated alkanes) is 36. The second kappa shape index (κ2) is 43.8. The molecule has 378 valence electrons. The molecule has 11 heteroatoms. The Hall–Kier alpha value is -1.79. The lowest BCUT2D eigenvalue weighted by Gasteiger charge is -2.38. The molecule has 1 heterocycles. The molecule has 1 rings (SSSR count). The third kappa shape index (κ3) is 34.5. The van der Waals surface area contributed by atoms with Gasteiger partial charge in [0.25, 0.3) is 0 Å². The van der Waals surface area contributed by atoms with E-state index in [1.54, 1.807) is 0 Å². The lowest BCUT2D eigenvalue weighted by atomic mass is 9.99. The van der Waals surface area contributed by atoms with Gasteiger partial charge in [0, 0.05) is 12.8 Å². The molecule has 0 saturated carbocycles. The SMILES string of the molecule is CCCCCCCCCCCCCCCCCCCCCCCCCCC(=O)OCC(COC1OC(C(=O)O)C(O)C(O)C1O)OC(=O)CCCCCCCCCCCCCCCC. The fraction of sp³-hybridized carbons (Fsp3) is 0.943. The Morgan fingerprint density at radius 2 is 0.734 bits per heavy atom. The monoisotopic (exact) mass is 913 g/mol. The molecule has 1 aliphatic rings. The number of ether oxygens (including phenoxy) is 4. The number of carbonyl (C=O) groups excluding carboxylic acids is 2. The molecule has 6 unspecified atom stereocenters. The van der Waals surface area contributed by atoms with Crippen LogP contribution < -0.4 is 0 Å². The largest absolute Gasteiger partial charge is 0.479 e. The zero-order valence-electron chi connectivity index (χ0n) is 41.3. The number of hydrogen-bond acceptors (Lipinski definition) is 10. The average Bonchev–Trinajstić information content (AvgIpc) is 3.28. The summed E-state index contributed by atoms with van der Waals surface area (Å²) in [6.07, 6.45) is 38.8. The molecule has 0 aromatic carbocycles. The number of carboxylic acids is 1. The molecule has 1 fully saturated rings. The molecule has 64 heavy (non-hydrogen) atoms. The van der Waals surface area contributed by atoms with E-state index in [9.17, 15) is 34.8 Å². The van der Waals surface area contributed by atoms with Gasteiger partial charge >= 0.3 is 17.9 Å². The van der Waals surface area contributed by atoms with E-state index in [1.807, 2.05) is 0 Å². The fourth-order valence-corrected chi connectivity index (χ4v) is 8.71. The van der Waals surface area contributed by atoms with Gasteiger partial charge in [0.15, 0.2) is 18.5 Å². The Morgan fingerprint density at radius 3 is 1.06 bits per heavy atom. The summed E-state index contributed by atoms with van der Waals surface area (Å²) in [6, 6.07) is 0. The Morgan fingerprint density at radius 1 is 0.422 bits per heavy atom. The zero-order chi connectivity index (χ0) is 46.7. The van der Waals surface area contributed by atoms with Crippen molar-refractivity contribution in [3.05, 3.63) is 0 Å². The minimum absolute atomic E-state index is 0.191. The molecule has 0 bridgehead atoms. The molecule has 0 aromatic heterocycles. The first-order valence-electron chi connectivity index (χ1n) is 27.1. The summed E-state index contributed by atoms with van der Waals surface area (Å²) >= 11 is 0. The third-order valence-electron chi connectivity index (χ3n) is 13.0. The number of aliphatic hydroxyl groups excluding tert-OH is 3. The van der Waals surface area contributed by atoms with Crippen LogP contribution in [0.2, 0.25) is 0 Å². The van der Waals surface area contributed by atoms with Crippen molar-refractivity contribution in [1.29, 1.82) is 0 Å². The molecule has 6 atom stereocenters. The average molecular weight is 913 g/mol. The van der Waals surface area contributed by atoms with E-state index in [2.05, 4.69) is 13.8 Å². The molecular weight excluding hydrogens is 813 g/mol. The highest BCUT2D eigenvalue weighted by Gasteiger charge is 2.47. The number of rotatable bonds is 47. The summed E-state index contributed by atoms with van der Waals surface area (Å²) in [5.74, 6) is -2.42. The Bertz CT molecular complexity index is 1070. The fourth-order valence-electron chi connectivity index (χ4n) is 8.71. The Kier molecular flexibility index (Phi) is 41.2. The maximum atomic E-state index is 12.8. The third-order valence-corrected chi connectivity index (χ3v) is 13.0. The van der Waals surface area contributed by atoms with Crippen LogP contribution in [-0.4, -0.2) is 88.4 Å². The van der Waals surface area contributed by atoms with Crippen molar-refractivity contribution in [2.45, 2.75) is 307 Å². The minimum Gasteiger partial charge on any atom is -0.479 e. The number of carboxylic acid groups (broad SMARTS) is 1. The van der Waals surface area contributed by atoms with E-state index in [4.69, 9.17) is 18.9 Å². The Labute approximate surface area is 391 Å². The smallest absolute Gasteiger partial charge is 0.335 e. The first-order valence-corrected chi connectivity index (χ1v) is 27.1. The van der Waals surface area contributed by atoms with Crippen LogP contribution in [0.5, 0.6) is 0 Å². The summed E-state index contributed by atoms with van der Waals surface area (Å²) in [5.41, 5.74) is 0. The number of aliphatic carboxylic acids is 1. The maximum absolute atomic E-state index is 12.8. The zero-order valence-corrected chi connectivity index (χ0v) is 41.3. The van der Waals surface area contributed by atoms with Crippen molar-refractivity contribution in [2.75, 3.05) is 13.2 Å². The van der Waals surface area contributed by atoms with Gasteiger partial charge in [0.2, 0.25) is 0 Å². The van der Waals surface area contributed by atoms with Crippen molar-refractivity contribution in [3.8, 4) is 0 Å². The van der Waals surface area contributed by atoms with Gasteiger partial charge in [0.05, 0.1) is 6.61 Å². The topological polar surface area (TPSA) is 169 Å². The van der Waals surface area contributed by atoms with Gasteiger partial charge in [-0.1, -0.05) is 245 Å². The number of carbonyl (C=O) groups is 3. The van der Waals surface area contributed by atoms with Gasteiger partial charge in [-0.05, 0) is 12.8 Å². The van der Waals surface area contributed by atoms with Gasteiger partial charge in [-0.3, -0.25) is 9.59 Å². The first-order chi connectivity index (χ1) is 31.2. The second-order valence-electron chi connectivity index (χ2n) is 19.1.